The standard InChI is InChI=1S/C8H14O3.ClH/c1-8(11)5-3-2-4-6(8)7(9)10;/h6,11H,2-5H2,1H3,(H,9,10);1H. The van der Waals surface area contributed by atoms with Gasteiger partial charge in [-0.25, -0.2) is 0 Å². The first-order valence-electron chi connectivity index (χ1n) is 3.99. The molecule has 1 aliphatic rings. The zero-order chi connectivity index (χ0) is 8.48. The van der Waals surface area contributed by atoms with E-state index in [0.29, 0.717) is 12.8 Å². The normalized spacial score (nSPS) is 35.3. The second kappa shape index (κ2) is 4.10. The Hall–Kier alpha value is -0.280. The SMILES string of the molecule is CC1(O)CCCCC1C(=O)O.Cl. The van der Waals surface area contributed by atoms with Gasteiger partial charge in [0.1, 0.15) is 0 Å². The molecule has 0 heterocycles. The monoisotopic (exact) mass is 194 g/mol. The van der Waals surface area contributed by atoms with Crippen LogP contribution in [-0.2, 0) is 4.79 Å². The number of aliphatic hydroxyl groups is 1. The number of carboxylic acids is 1. The third-order valence-electron chi connectivity index (χ3n) is 2.47. The second-order valence-corrected chi connectivity index (χ2v) is 3.49. The van der Waals surface area contributed by atoms with Gasteiger partial charge in [-0.05, 0) is 19.8 Å². The average Bonchev–Trinajstić information content (AvgIpc) is 1.85. The minimum absolute atomic E-state index is 0. The molecule has 0 amide bonds. The first-order valence-corrected chi connectivity index (χ1v) is 3.99. The van der Waals surface area contributed by atoms with Crippen LogP contribution in [0.3, 0.4) is 0 Å². The number of carbonyl (C=O) groups is 1. The average molecular weight is 195 g/mol. The van der Waals surface area contributed by atoms with Gasteiger partial charge in [0, 0.05) is 0 Å². The second-order valence-electron chi connectivity index (χ2n) is 3.49. The maximum atomic E-state index is 10.6. The van der Waals surface area contributed by atoms with Crippen molar-refractivity contribution in [2.75, 3.05) is 0 Å². The Morgan fingerprint density at radius 2 is 2.08 bits per heavy atom. The van der Waals surface area contributed by atoms with Crippen LogP contribution in [0.2, 0.25) is 0 Å². The third-order valence-corrected chi connectivity index (χ3v) is 2.47. The minimum atomic E-state index is -0.982. The Bertz CT molecular complexity index is 168. The lowest BCUT2D eigenvalue weighted by Gasteiger charge is -2.33. The van der Waals surface area contributed by atoms with E-state index in [9.17, 15) is 9.90 Å². The van der Waals surface area contributed by atoms with Crippen LogP contribution < -0.4 is 0 Å². The molecule has 3 nitrogen and oxygen atoms in total. The van der Waals surface area contributed by atoms with E-state index < -0.39 is 17.5 Å². The van der Waals surface area contributed by atoms with E-state index in [4.69, 9.17) is 5.11 Å². The Kier molecular flexibility index (Phi) is 4.00. The smallest absolute Gasteiger partial charge is 0.309 e. The van der Waals surface area contributed by atoms with Gasteiger partial charge < -0.3 is 10.2 Å². The molecule has 0 aromatic rings. The number of halogens is 1. The summed E-state index contributed by atoms with van der Waals surface area (Å²) in [6, 6.07) is 0. The fourth-order valence-electron chi connectivity index (χ4n) is 1.71. The molecule has 0 saturated heterocycles. The molecule has 2 N–H and O–H groups in total. The van der Waals surface area contributed by atoms with Gasteiger partial charge in [-0.2, -0.15) is 0 Å². The van der Waals surface area contributed by atoms with Gasteiger partial charge in [-0.15, -0.1) is 12.4 Å². The zero-order valence-corrected chi connectivity index (χ0v) is 7.93. The molecule has 1 rings (SSSR count). The fraction of sp³-hybridized carbons (Fsp3) is 0.875. The third kappa shape index (κ3) is 2.35. The molecule has 4 heteroatoms. The molecule has 1 saturated carbocycles. The van der Waals surface area contributed by atoms with Crippen LogP contribution in [0.4, 0.5) is 0 Å². The Labute approximate surface area is 78.2 Å². The Balaban J connectivity index is 0.00000121. The maximum absolute atomic E-state index is 10.6. The minimum Gasteiger partial charge on any atom is -0.481 e. The molecule has 0 radical (unpaired) electrons. The molecule has 0 aromatic heterocycles. The molecule has 0 spiro atoms. The van der Waals surface area contributed by atoms with Gasteiger partial charge >= 0.3 is 5.97 Å². The number of hydrogen-bond acceptors (Lipinski definition) is 2. The molecule has 72 valence electrons. The lowest BCUT2D eigenvalue weighted by atomic mass is 9.77. The van der Waals surface area contributed by atoms with Gasteiger partial charge in [0.25, 0.3) is 0 Å². The van der Waals surface area contributed by atoms with Crippen molar-refractivity contribution in [2.24, 2.45) is 5.92 Å². The van der Waals surface area contributed by atoms with E-state index in [2.05, 4.69) is 0 Å². The quantitative estimate of drug-likeness (QED) is 0.664. The van der Waals surface area contributed by atoms with E-state index >= 15 is 0 Å². The van der Waals surface area contributed by atoms with Crippen molar-refractivity contribution >= 4 is 18.4 Å². The number of hydrogen-bond donors (Lipinski definition) is 2. The van der Waals surface area contributed by atoms with E-state index in [1.807, 2.05) is 0 Å². The van der Waals surface area contributed by atoms with Crippen LogP contribution >= 0.6 is 12.4 Å². The molecular formula is C8H15ClO3. The highest BCUT2D eigenvalue weighted by Gasteiger charge is 2.39. The first kappa shape index (κ1) is 11.7. The molecule has 2 atom stereocenters. The maximum Gasteiger partial charge on any atom is 0.309 e. The molecular weight excluding hydrogens is 180 g/mol. The van der Waals surface area contributed by atoms with Crippen LogP contribution in [0.15, 0.2) is 0 Å². The Morgan fingerprint density at radius 1 is 1.50 bits per heavy atom. The van der Waals surface area contributed by atoms with E-state index in [1.165, 1.54) is 0 Å². The fourth-order valence-corrected chi connectivity index (χ4v) is 1.71. The summed E-state index contributed by atoms with van der Waals surface area (Å²) in [5, 5.41) is 18.3. The summed E-state index contributed by atoms with van der Waals surface area (Å²) < 4.78 is 0. The summed E-state index contributed by atoms with van der Waals surface area (Å²) in [6.45, 7) is 1.62. The van der Waals surface area contributed by atoms with Crippen molar-refractivity contribution in [1.82, 2.24) is 0 Å². The van der Waals surface area contributed by atoms with E-state index in [1.54, 1.807) is 6.92 Å². The summed E-state index contributed by atoms with van der Waals surface area (Å²) in [5.74, 6) is -1.43. The van der Waals surface area contributed by atoms with Crippen molar-refractivity contribution in [3.05, 3.63) is 0 Å². The molecule has 0 aromatic carbocycles. The number of rotatable bonds is 1. The summed E-state index contributed by atoms with van der Waals surface area (Å²) in [7, 11) is 0. The van der Waals surface area contributed by atoms with Gasteiger partial charge in [-0.3, -0.25) is 4.79 Å². The van der Waals surface area contributed by atoms with Gasteiger partial charge in [0.05, 0.1) is 11.5 Å². The summed E-state index contributed by atoms with van der Waals surface area (Å²) in [4.78, 5) is 10.6. The summed E-state index contributed by atoms with van der Waals surface area (Å²) in [6.07, 6.45) is 3.09. The molecule has 12 heavy (non-hydrogen) atoms. The zero-order valence-electron chi connectivity index (χ0n) is 7.12. The van der Waals surface area contributed by atoms with Gasteiger partial charge in [-0.1, -0.05) is 12.8 Å². The Morgan fingerprint density at radius 3 is 2.42 bits per heavy atom. The van der Waals surface area contributed by atoms with Gasteiger partial charge in [0.15, 0.2) is 0 Å². The highest BCUT2D eigenvalue weighted by molar-refractivity contribution is 5.85. The first-order chi connectivity index (χ1) is 5.04. The number of aliphatic carboxylic acids is 1. The van der Waals surface area contributed by atoms with E-state index in [-0.39, 0.29) is 12.4 Å². The molecule has 0 aliphatic heterocycles. The molecule has 0 bridgehead atoms. The molecule has 1 aliphatic carbocycles. The predicted molar refractivity (Wildman–Crippen MR) is 47.5 cm³/mol. The van der Waals surface area contributed by atoms with Crippen molar-refractivity contribution < 1.29 is 15.0 Å². The molecule has 1 fully saturated rings. The van der Waals surface area contributed by atoms with Crippen LogP contribution in [0, 0.1) is 5.92 Å². The van der Waals surface area contributed by atoms with Crippen molar-refractivity contribution in [3.63, 3.8) is 0 Å². The van der Waals surface area contributed by atoms with Crippen LogP contribution in [0.5, 0.6) is 0 Å². The predicted octanol–water partition coefficient (Wildman–Crippen LogP) is 1.43. The number of carboxylic acid groups (broad SMARTS) is 1. The summed E-state index contributed by atoms with van der Waals surface area (Å²) in [5.41, 5.74) is -0.982. The van der Waals surface area contributed by atoms with Crippen LogP contribution in [0.25, 0.3) is 0 Å². The van der Waals surface area contributed by atoms with Crippen molar-refractivity contribution in [1.29, 1.82) is 0 Å². The van der Waals surface area contributed by atoms with Crippen molar-refractivity contribution in [2.45, 2.75) is 38.2 Å². The largest absolute Gasteiger partial charge is 0.481 e. The highest BCUT2D eigenvalue weighted by Crippen LogP contribution is 2.33. The van der Waals surface area contributed by atoms with E-state index in [0.717, 1.165) is 12.8 Å². The van der Waals surface area contributed by atoms with Crippen LogP contribution in [0.1, 0.15) is 32.6 Å². The van der Waals surface area contributed by atoms with Crippen LogP contribution in [-0.4, -0.2) is 21.8 Å². The van der Waals surface area contributed by atoms with Gasteiger partial charge in [0.2, 0.25) is 0 Å². The summed E-state index contributed by atoms with van der Waals surface area (Å²) >= 11 is 0. The van der Waals surface area contributed by atoms with Crippen molar-refractivity contribution in [3.8, 4) is 0 Å². The topological polar surface area (TPSA) is 57.5 Å². The lowest BCUT2D eigenvalue weighted by Crippen LogP contribution is -2.41. The highest BCUT2D eigenvalue weighted by atomic mass is 35.5. The lowest BCUT2D eigenvalue weighted by molar-refractivity contribution is -0.154. The molecule has 2 unspecified atom stereocenters.